The van der Waals surface area contributed by atoms with E-state index >= 15 is 0 Å². The molecule has 0 amide bonds. The first-order chi connectivity index (χ1) is 9.29. The molecule has 1 aliphatic heterocycles. The Balaban J connectivity index is 1.72. The van der Waals surface area contributed by atoms with Crippen LogP contribution in [0.2, 0.25) is 5.15 Å². The van der Waals surface area contributed by atoms with Crippen LogP contribution in [0.15, 0.2) is 11.6 Å². The third kappa shape index (κ3) is 2.39. The van der Waals surface area contributed by atoms with Crippen molar-refractivity contribution < 1.29 is 0 Å². The summed E-state index contributed by atoms with van der Waals surface area (Å²) in [4.78, 5) is 8.75. The first-order valence-electron chi connectivity index (χ1n) is 5.74. The van der Waals surface area contributed by atoms with Crippen LogP contribution in [0.5, 0.6) is 0 Å². The number of nitriles is 1. The van der Waals surface area contributed by atoms with Gasteiger partial charge >= 0.3 is 0 Å². The summed E-state index contributed by atoms with van der Waals surface area (Å²) in [7, 11) is 0. The molecule has 0 bridgehead atoms. The number of piperazine rings is 1. The highest BCUT2D eigenvalue weighted by molar-refractivity contribution is 7.13. The minimum atomic E-state index is 0.310. The number of rotatable bonds is 2. The number of aromatic nitrogens is 2. The first kappa shape index (κ1) is 12.7. The molecule has 2 aromatic rings. The monoisotopic (exact) mass is 311 g/mol. The second-order valence-corrected chi connectivity index (χ2v) is 6.04. The zero-order chi connectivity index (χ0) is 13.2. The number of nitrogens with zero attached hydrogens (tertiary/aromatic N) is 5. The summed E-state index contributed by atoms with van der Waals surface area (Å²) in [6.45, 7) is 3.50. The van der Waals surface area contributed by atoms with E-state index < -0.39 is 0 Å². The van der Waals surface area contributed by atoms with E-state index in [0.717, 1.165) is 36.3 Å². The van der Waals surface area contributed by atoms with Crippen LogP contribution in [-0.4, -0.2) is 35.5 Å². The minimum absolute atomic E-state index is 0.310. The van der Waals surface area contributed by atoms with Gasteiger partial charge in [0, 0.05) is 37.8 Å². The van der Waals surface area contributed by atoms with E-state index in [1.54, 1.807) is 11.3 Å². The number of hydrogen-bond acceptors (Lipinski definition) is 7. The van der Waals surface area contributed by atoms with E-state index in [1.807, 2.05) is 11.6 Å². The molecule has 0 aromatic carbocycles. The standard InChI is InChI=1S/C11H10ClN5S2/c12-9-8(7-13)10(19-15-9)16-2-4-17(5-3-16)11-14-1-6-18-11/h1,6H,2-5H2. The smallest absolute Gasteiger partial charge is 0.185 e. The summed E-state index contributed by atoms with van der Waals surface area (Å²) >= 11 is 8.85. The van der Waals surface area contributed by atoms with Crippen molar-refractivity contribution in [1.29, 1.82) is 5.26 Å². The molecular weight excluding hydrogens is 302 g/mol. The number of halogens is 1. The zero-order valence-corrected chi connectivity index (χ0v) is 12.3. The normalized spacial score (nSPS) is 15.6. The molecule has 8 heteroatoms. The molecule has 1 fully saturated rings. The third-order valence-corrected chi connectivity index (χ3v) is 5.12. The first-order valence-corrected chi connectivity index (χ1v) is 7.77. The van der Waals surface area contributed by atoms with Gasteiger partial charge in [0.25, 0.3) is 0 Å². The average molecular weight is 312 g/mol. The van der Waals surface area contributed by atoms with E-state index in [2.05, 4.69) is 25.2 Å². The van der Waals surface area contributed by atoms with E-state index in [-0.39, 0.29) is 0 Å². The van der Waals surface area contributed by atoms with Gasteiger partial charge in [-0.25, -0.2) is 4.98 Å². The highest BCUT2D eigenvalue weighted by Crippen LogP contribution is 2.32. The van der Waals surface area contributed by atoms with Gasteiger partial charge in [0.05, 0.1) is 0 Å². The Bertz CT molecular complexity index is 595. The maximum Gasteiger partial charge on any atom is 0.185 e. The summed E-state index contributed by atoms with van der Waals surface area (Å²) in [5.41, 5.74) is 0.495. The van der Waals surface area contributed by atoms with Crippen molar-refractivity contribution in [3.8, 4) is 6.07 Å². The molecule has 19 heavy (non-hydrogen) atoms. The maximum atomic E-state index is 9.11. The Morgan fingerprint density at radius 2 is 2.00 bits per heavy atom. The average Bonchev–Trinajstić information content (AvgIpc) is 3.08. The van der Waals surface area contributed by atoms with Crippen molar-refractivity contribution in [3.63, 3.8) is 0 Å². The minimum Gasteiger partial charge on any atom is -0.358 e. The lowest BCUT2D eigenvalue weighted by atomic mass is 10.3. The van der Waals surface area contributed by atoms with Crippen LogP contribution in [0.25, 0.3) is 0 Å². The fourth-order valence-electron chi connectivity index (χ4n) is 2.05. The van der Waals surface area contributed by atoms with Crippen LogP contribution in [-0.2, 0) is 0 Å². The van der Waals surface area contributed by atoms with E-state index in [0.29, 0.717) is 10.7 Å². The molecule has 0 spiro atoms. The third-order valence-electron chi connectivity index (χ3n) is 3.00. The SMILES string of the molecule is N#Cc1c(Cl)nsc1N1CCN(c2nccs2)CC1. The molecule has 5 nitrogen and oxygen atoms in total. The lowest BCUT2D eigenvalue weighted by molar-refractivity contribution is 0.655. The predicted octanol–water partition coefficient (Wildman–Crippen LogP) is 2.45. The largest absolute Gasteiger partial charge is 0.358 e. The highest BCUT2D eigenvalue weighted by Gasteiger charge is 2.23. The summed E-state index contributed by atoms with van der Waals surface area (Å²) in [5, 5.41) is 13.3. The van der Waals surface area contributed by atoms with Crippen molar-refractivity contribution in [3.05, 3.63) is 22.3 Å². The van der Waals surface area contributed by atoms with Crippen LogP contribution >= 0.6 is 34.5 Å². The lowest BCUT2D eigenvalue weighted by Gasteiger charge is -2.34. The van der Waals surface area contributed by atoms with Crippen LogP contribution < -0.4 is 9.80 Å². The molecule has 2 aromatic heterocycles. The quantitative estimate of drug-likeness (QED) is 0.852. The van der Waals surface area contributed by atoms with Crippen molar-refractivity contribution in [2.24, 2.45) is 0 Å². The van der Waals surface area contributed by atoms with Gasteiger partial charge in [0.1, 0.15) is 16.6 Å². The van der Waals surface area contributed by atoms with E-state index in [1.165, 1.54) is 11.5 Å². The number of thiazole rings is 1. The van der Waals surface area contributed by atoms with Crippen molar-refractivity contribution in [1.82, 2.24) is 9.36 Å². The van der Waals surface area contributed by atoms with Gasteiger partial charge in [0.2, 0.25) is 0 Å². The second-order valence-electron chi connectivity index (χ2n) is 4.05. The van der Waals surface area contributed by atoms with Gasteiger partial charge in [-0.15, -0.1) is 11.3 Å². The molecule has 0 unspecified atom stereocenters. The van der Waals surface area contributed by atoms with Crippen LogP contribution in [0.1, 0.15) is 5.56 Å². The molecular formula is C11H10ClN5S2. The molecule has 3 heterocycles. The topological polar surface area (TPSA) is 56.1 Å². The van der Waals surface area contributed by atoms with Crippen molar-refractivity contribution in [2.45, 2.75) is 0 Å². The van der Waals surface area contributed by atoms with Crippen LogP contribution in [0.4, 0.5) is 10.1 Å². The van der Waals surface area contributed by atoms with E-state index in [4.69, 9.17) is 16.9 Å². The Kier molecular flexibility index (Phi) is 3.55. The zero-order valence-electron chi connectivity index (χ0n) is 9.91. The molecule has 0 aliphatic carbocycles. The van der Waals surface area contributed by atoms with Gasteiger partial charge in [0.15, 0.2) is 10.3 Å². The molecule has 0 radical (unpaired) electrons. The number of hydrogen-bond donors (Lipinski definition) is 0. The molecule has 3 rings (SSSR count). The molecule has 98 valence electrons. The van der Waals surface area contributed by atoms with Crippen molar-refractivity contribution >= 4 is 44.6 Å². The van der Waals surface area contributed by atoms with E-state index in [9.17, 15) is 0 Å². The Labute approximate surface area is 123 Å². The number of anilines is 2. The summed E-state index contributed by atoms with van der Waals surface area (Å²) in [6, 6.07) is 2.13. The molecule has 1 aliphatic rings. The Hall–Kier alpha value is -1.36. The summed E-state index contributed by atoms with van der Waals surface area (Å²) < 4.78 is 4.05. The van der Waals surface area contributed by atoms with Gasteiger partial charge in [-0.1, -0.05) is 11.6 Å². The van der Waals surface area contributed by atoms with Crippen LogP contribution in [0, 0.1) is 11.3 Å². The highest BCUT2D eigenvalue weighted by atomic mass is 35.5. The van der Waals surface area contributed by atoms with Gasteiger partial charge < -0.3 is 9.80 Å². The van der Waals surface area contributed by atoms with Crippen molar-refractivity contribution in [2.75, 3.05) is 36.0 Å². The summed E-state index contributed by atoms with van der Waals surface area (Å²) in [6.07, 6.45) is 1.82. The molecule has 0 atom stereocenters. The predicted molar refractivity (Wildman–Crippen MR) is 78.4 cm³/mol. The summed E-state index contributed by atoms with van der Waals surface area (Å²) in [5.74, 6) is 0. The maximum absolute atomic E-state index is 9.11. The van der Waals surface area contributed by atoms with Gasteiger partial charge in [-0.3, -0.25) is 0 Å². The van der Waals surface area contributed by atoms with Gasteiger partial charge in [-0.2, -0.15) is 9.64 Å². The van der Waals surface area contributed by atoms with Crippen LogP contribution in [0.3, 0.4) is 0 Å². The second kappa shape index (κ2) is 5.33. The molecule has 1 saturated heterocycles. The van der Waals surface area contributed by atoms with Gasteiger partial charge in [-0.05, 0) is 11.5 Å². The fraction of sp³-hybridized carbons (Fsp3) is 0.364. The lowest BCUT2D eigenvalue weighted by Crippen LogP contribution is -2.46. The Morgan fingerprint density at radius 1 is 1.26 bits per heavy atom. The fourth-order valence-corrected chi connectivity index (χ4v) is 3.82. The molecule has 0 saturated carbocycles. The molecule has 0 N–H and O–H groups in total. The Morgan fingerprint density at radius 3 is 2.63 bits per heavy atom.